The van der Waals surface area contributed by atoms with E-state index in [0.29, 0.717) is 11.4 Å². The highest BCUT2D eigenvalue weighted by molar-refractivity contribution is 5.06. The number of halogens is 1. The van der Waals surface area contributed by atoms with E-state index in [2.05, 4.69) is 10.2 Å². The quantitative estimate of drug-likeness (QED) is 0.522. The number of aromatic nitrogens is 2. The maximum Gasteiger partial charge on any atom is 0.148 e. The molecule has 9 heavy (non-hydrogen) atoms. The van der Waals surface area contributed by atoms with Gasteiger partial charge < -0.3 is 0 Å². The van der Waals surface area contributed by atoms with Gasteiger partial charge in [-0.2, -0.15) is 10.2 Å². The zero-order chi connectivity index (χ0) is 6.85. The van der Waals surface area contributed by atoms with Crippen LogP contribution in [-0.2, 0) is 0 Å². The van der Waals surface area contributed by atoms with Crippen LogP contribution in [0.2, 0.25) is 0 Å². The van der Waals surface area contributed by atoms with Crippen LogP contribution in [0.25, 0.3) is 0 Å². The van der Waals surface area contributed by atoms with Gasteiger partial charge in [-0.15, -0.1) is 0 Å². The van der Waals surface area contributed by atoms with Crippen molar-refractivity contribution in [2.45, 2.75) is 13.8 Å². The number of rotatable bonds is 0. The van der Waals surface area contributed by atoms with Gasteiger partial charge in [-0.1, -0.05) is 0 Å². The molecule has 0 aliphatic carbocycles. The van der Waals surface area contributed by atoms with Crippen molar-refractivity contribution in [3.8, 4) is 0 Å². The zero-order valence-corrected chi connectivity index (χ0v) is 5.35. The summed E-state index contributed by atoms with van der Waals surface area (Å²) in [5, 5.41) is 7.20. The minimum absolute atomic E-state index is 0.289. The lowest BCUT2D eigenvalue weighted by Crippen LogP contribution is -1.92. The van der Waals surface area contributed by atoms with E-state index >= 15 is 0 Å². The summed E-state index contributed by atoms with van der Waals surface area (Å²) in [5.41, 5.74) is 0.957. The predicted molar refractivity (Wildman–Crippen MR) is 31.5 cm³/mol. The maximum atomic E-state index is 12.5. The van der Waals surface area contributed by atoms with Gasteiger partial charge in [-0.05, 0) is 19.9 Å². The van der Waals surface area contributed by atoms with Crippen molar-refractivity contribution >= 4 is 0 Å². The molecule has 0 fully saturated rings. The minimum atomic E-state index is -0.289. The van der Waals surface area contributed by atoms with Gasteiger partial charge in [-0.25, -0.2) is 4.39 Å². The van der Waals surface area contributed by atoms with Crippen LogP contribution in [0.3, 0.4) is 0 Å². The van der Waals surface area contributed by atoms with Crippen LogP contribution in [0.4, 0.5) is 4.39 Å². The molecule has 2 nitrogen and oxygen atoms in total. The molecule has 0 aliphatic heterocycles. The summed E-state index contributed by atoms with van der Waals surface area (Å²) in [7, 11) is 0. The Labute approximate surface area is 52.7 Å². The molecule has 0 spiro atoms. The third kappa shape index (κ3) is 1.22. The molecule has 48 valence electrons. The van der Waals surface area contributed by atoms with Crippen LogP contribution >= 0.6 is 0 Å². The fraction of sp³-hybridized carbons (Fsp3) is 0.333. The van der Waals surface area contributed by atoms with Crippen molar-refractivity contribution < 1.29 is 4.39 Å². The highest BCUT2D eigenvalue weighted by atomic mass is 19.1. The van der Waals surface area contributed by atoms with Gasteiger partial charge in [0.1, 0.15) is 5.82 Å². The summed E-state index contributed by atoms with van der Waals surface area (Å²) in [6.07, 6.45) is 0. The minimum Gasteiger partial charge on any atom is -0.205 e. The van der Waals surface area contributed by atoms with E-state index in [1.165, 1.54) is 6.07 Å². The van der Waals surface area contributed by atoms with E-state index in [9.17, 15) is 4.39 Å². The first kappa shape index (κ1) is 6.13. The highest BCUT2D eigenvalue weighted by Gasteiger charge is 1.96. The van der Waals surface area contributed by atoms with E-state index in [4.69, 9.17) is 0 Å². The third-order valence-electron chi connectivity index (χ3n) is 1.04. The van der Waals surface area contributed by atoms with Crippen molar-refractivity contribution in [2.75, 3.05) is 0 Å². The second kappa shape index (κ2) is 2.09. The fourth-order valence-electron chi connectivity index (χ4n) is 0.518. The molecule has 1 aromatic heterocycles. The molecule has 1 rings (SSSR count). The lowest BCUT2D eigenvalue weighted by atomic mass is 10.3. The predicted octanol–water partition coefficient (Wildman–Crippen LogP) is 1.23. The monoisotopic (exact) mass is 126 g/mol. The van der Waals surface area contributed by atoms with Gasteiger partial charge in [0, 0.05) is 0 Å². The van der Waals surface area contributed by atoms with Gasteiger partial charge in [0.05, 0.1) is 11.4 Å². The third-order valence-corrected chi connectivity index (χ3v) is 1.04. The average Bonchev–Trinajstić information content (AvgIpc) is 1.80. The Balaban J connectivity index is 3.17. The highest BCUT2D eigenvalue weighted by Crippen LogP contribution is 2.00. The smallest absolute Gasteiger partial charge is 0.148 e. The molecule has 0 aromatic carbocycles. The first-order valence-electron chi connectivity index (χ1n) is 2.66. The topological polar surface area (TPSA) is 25.8 Å². The van der Waals surface area contributed by atoms with Crippen molar-refractivity contribution in [3.05, 3.63) is 23.3 Å². The number of nitrogens with zero attached hydrogens (tertiary/aromatic N) is 2. The van der Waals surface area contributed by atoms with Gasteiger partial charge in [-0.3, -0.25) is 0 Å². The SMILES string of the molecule is Cc1cc(F)c(C)nn1. The zero-order valence-electron chi connectivity index (χ0n) is 5.35. The molecule has 0 radical (unpaired) electrons. The Morgan fingerprint density at radius 3 is 2.44 bits per heavy atom. The molecule has 0 saturated heterocycles. The summed E-state index contributed by atoms with van der Waals surface area (Å²) in [5.74, 6) is -0.289. The molecular formula is C6H7FN2. The molecular weight excluding hydrogens is 119 g/mol. The molecule has 0 atom stereocenters. The molecule has 0 unspecified atom stereocenters. The Bertz CT molecular complexity index is 222. The first-order chi connectivity index (χ1) is 4.20. The normalized spacial score (nSPS) is 9.67. The largest absolute Gasteiger partial charge is 0.205 e. The number of hydrogen-bond donors (Lipinski definition) is 0. The summed E-state index contributed by atoms with van der Waals surface area (Å²) >= 11 is 0. The van der Waals surface area contributed by atoms with E-state index < -0.39 is 0 Å². The van der Waals surface area contributed by atoms with E-state index in [1.54, 1.807) is 13.8 Å². The first-order valence-corrected chi connectivity index (χ1v) is 2.66. The van der Waals surface area contributed by atoms with Gasteiger partial charge in [0.15, 0.2) is 0 Å². The molecule has 0 aliphatic rings. The Kier molecular flexibility index (Phi) is 1.42. The van der Waals surface area contributed by atoms with Crippen molar-refractivity contribution in [1.29, 1.82) is 0 Å². The van der Waals surface area contributed by atoms with Crippen LogP contribution in [0.1, 0.15) is 11.4 Å². The molecule has 0 bridgehead atoms. The Morgan fingerprint density at radius 2 is 2.00 bits per heavy atom. The van der Waals surface area contributed by atoms with Crippen LogP contribution in [-0.4, -0.2) is 10.2 Å². The fourth-order valence-corrected chi connectivity index (χ4v) is 0.518. The van der Waals surface area contributed by atoms with Gasteiger partial charge in [0.25, 0.3) is 0 Å². The summed E-state index contributed by atoms with van der Waals surface area (Å²) in [6, 6.07) is 1.36. The van der Waals surface area contributed by atoms with Gasteiger partial charge >= 0.3 is 0 Å². The van der Waals surface area contributed by atoms with Crippen molar-refractivity contribution in [3.63, 3.8) is 0 Å². The summed E-state index contributed by atoms with van der Waals surface area (Å²) in [6.45, 7) is 3.29. The van der Waals surface area contributed by atoms with Crippen LogP contribution in [0.5, 0.6) is 0 Å². The Morgan fingerprint density at radius 1 is 1.33 bits per heavy atom. The number of hydrogen-bond acceptors (Lipinski definition) is 2. The van der Waals surface area contributed by atoms with Crippen molar-refractivity contribution in [1.82, 2.24) is 10.2 Å². The summed E-state index contributed by atoms with van der Waals surface area (Å²) < 4.78 is 12.5. The summed E-state index contributed by atoms with van der Waals surface area (Å²) in [4.78, 5) is 0. The van der Waals surface area contributed by atoms with Crippen LogP contribution in [0.15, 0.2) is 6.07 Å². The molecule has 1 aromatic rings. The average molecular weight is 126 g/mol. The molecule has 0 saturated carbocycles. The van der Waals surface area contributed by atoms with Crippen LogP contribution < -0.4 is 0 Å². The van der Waals surface area contributed by atoms with E-state index in [1.807, 2.05) is 0 Å². The number of aryl methyl sites for hydroxylation is 2. The van der Waals surface area contributed by atoms with Crippen molar-refractivity contribution in [2.24, 2.45) is 0 Å². The van der Waals surface area contributed by atoms with E-state index in [0.717, 1.165) is 0 Å². The van der Waals surface area contributed by atoms with E-state index in [-0.39, 0.29) is 5.82 Å². The maximum absolute atomic E-state index is 12.5. The molecule has 1 heterocycles. The molecule has 0 N–H and O–H groups in total. The lowest BCUT2D eigenvalue weighted by Gasteiger charge is -1.92. The lowest BCUT2D eigenvalue weighted by molar-refractivity contribution is 0.598. The van der Waals surface area contributed by atoms with Gasteiger partial charge in [0.2, 0.25) is 0 Å². The Hall–Kier alpha value is -0.990. The second-order valence-corrected chi connectivity index (χ2v) is 1.92. The second-order valence-electron chi connectivity index (χ2n) is 1.92. The molecule has 3 heteroatoms. The molecule has 0 amide bonds. The van der Waals surface area contributed by atoms with Crippen LogP contribution in [0, 0.1) is 19.7 Å². The standard InChI is InChI=1S/C6H7FN2/c1-4-3-6(7)5(2)9-8-4/h3H,1-2H3.